The number of hydrogen-bond acceptors (Lipinski definition) is 3. The predicted molar refractivity (Wildman–Crippen MR) is 53.2 cm³/mol. The molecule has 0 spiro atoms. The van der Waals surface area contributed by atoms with E-state index in [0.29, 0.717) is 0 Å². The molecule has 4 heteroatoms. The molecule has 14 heavy (non-hydrogen) atoms. The molecule has 0 radical (unpaired) electrons. The molecule has 0 amide bonds. The average molecular weight is 193 g/mol. The van der Waals surface area contributed by atoms with Gasteiger partial charge in [0.1, 0.15) is 11.6 Å². The molecule has 1 aromatic heterocycles. The molecule has 0 bridgehead atoms. The lowest BCUT2D eigenvalue weighted by Gasteiger charge is -2.15. The summed E-state index contributed by atoms with van der Waals surface area (Å²) in [5.41, 5.74) is 6.10. The second-order valence-corrected chi connectivity index (χ2v) is 4.70. The summed E-state index contributed by atoms with van der Waals surface area (Å²) in [6.07, 6.45) is 0.876. The predicted octanol–water partition coefficient (Wildman–Crippen LogP) is 1.59. The molecule has 4 nitrogen and oxygen atoms in total. The van der Waals surface area contributed by atoms with Gasteiger partial charge in [0.2, 0.25) is 0 Å². The van der Waals surface area contributed by atoms with Crippen molar-refractivity contribution in [2.45, 2.75) is 32.6 Å². The first-order valence-corrected chi connectivity index (χ1v) is 4.68. The Hall–Kier alpha value is -1.32. The fourth-order valence-electron chi connectivity index (χ4n) is 2.22. The van der Waals surface area contributed by atoms with Crippen LogP contribution < -0.4 is 5.73 Å². The van der Waals surface area contributed by atoms with Crippen molar-refractivity contribution in [1.29, 1.82) is 5.41 Å². The molecule has 1 aromatic rings. The highest BCUT2D eigenvalue weighted by molar-refractivity contribution is 5.93. The number of nitrogens with zero attached hydrogens (tertiary/aromatic N) is 1. The van der Waals surface area contributed by atoms with Gasteiger partial charge in [-0.15, -0.1) is 0 Å². The summed E-state index contributed by atoms with van der Waals surface area (Å²) >= 11 is 0. The van der Waals surface area contributed by atoms with Crippen molar-refractivity contribution in [1.82, 2.24) is 5.16 Å². The van der Waals surface area contributed by atoms with E-state index in [1.54, 1.807) is 0 Å². The lowest BCUT2D eigenvalue weighted by molar-refractivity contribution is 0.383. The molecule has 1 heterocycles. The molecule has 1 aliphatic carbocycles. The molecule has 76 valence electrons. The number of aryl methyl sites for hydroxylation is 1. The van der Waals surface area contributed by atoms with Crippen LogP contribution in [0.2, 0.25) is 0 Å². The maximum atomic E-state index is 7.66. The summed E-state index contributed by atoms with van der Waals surface area (Å²) in [7, 11) is 0. The Kier molecular flexibility index (Phi) is 1.57. The standard InChI is InChI=1S/C10H15N3O/c1-6-4-7(13-14-6)10(8(11)12)5-9(10,2)3/h4H,5H2,1-3H3,(H3,11,12). The van der Waals surface area contributed by atoms with Gasteiger partial charge in [-0.05, 0) is 18.8 Å². The summed E-state index contributed by atoms with van der Waals surface area (Å²) in [5, 5.41) is 11.6. The molecular weight excluding hydrogens is 178 g/mol. The van der Waals surface area contributed by atoms with Crippen molar-refractivity contribution < 1.29 is 4.52 Å². The number of amidine groups is 1. The summed E-state index contributed by atoms with van der Waals surface area (Å²) < 4.78 is 5.03. The zero-order valence-corrected chi connectivity index (χ0v) is 8.72. The Bertz CT molecular complexity index is 394. The SMILES string of the molecule is Cc1cc(C2(C(=N)N)CC2(C)C)no1. The van der Waals surface area contributed by atoms with Crippen LogP contribution in [0, 0.1) is 17.7 Å². The van der Waals surface area contributed by atoms with Crippen molar-refractivity contribution in [3.8, 4) is 0 Å². The molecule has 0 aromatic carbocycles. The first-order valence-electron chi connectivity index (χ1n) is 4.68. The Morgan fingerprint density at radius 2 is 2.21 bits per heavy atom. The van der Waals surface area contributed by atoms with E-state index in [2.05, 4.69) is 19.0 Å². The molecule has 1 unspecified atom stereocenters. The Labute approximate surface area is 83.0 Å². The third-order valence-corrected chi connectivity index (χ3v) is 3.26. The third-order valence-electron chi connectivity index (χ3n) is 3.26. The van der Waals surface area contributed by atoms with E-state index in [1.165, 1.54) is 0 Å². The first kappa shape index (κ1) is 9.24. The van der Waals surface area contributed by atoms with E-state index in [9.17, 15) is 0 Å². The van der Waals surface area contributed by atoms with Crippen LogP contribution in [0.25, 0.3) is 0 Å². The van der Waals surface area contributed by atoms with E-state index < -0.39 is 0 Å². The Balaban J connectivity index is 2.46. The van der Waals surface area contributed by atoms with E-state index in [4.69, 9.17) is 15.7 Å². The van der Waals surface area contributed by atoms with Gasteiger partial charge >= 0.3 is 0 Å². The second kappa shape index (κ2) is 2.38. The third kappa shape index (κ3) is 0.937. The topological polar surface area (TPSA) is 75.9 Å². The minimum absolute atomic E-state index is 0.0299. The van der Waals surface area contributed by atoms with Crippen LogP contribution in [0.5, 0.6) is 0 Å². The lowest BCUT2D eigenvalue weighted by atomic mass is 9.91. The fourth-order valence-corrected chi connectivity index (χ4v) is 2.22. The van der Waals surface area contributed by atoms with E-state index >= 15 is 0 Å². The van der Waals surface area contributed by atoms with Crippen LogP contribution >= 0.6 is 0 Å². The van der Waals surface area contributed by atoms with Gasteiger partial charge in [-0.3, -0.25) is 5.41 Å². The van der Waals surface area contributed by atoms with Crippen LogP contribution in [0.3, 0.4) is 0 Å². The molecule has 0 saturated heterocycles. The van der Waals surface area contributed by atoms with E-state index in [1.807, 2.05) is 13.0 Å². The largest absolute Gasteiger partial charge is 0.387 e. The van der Waals surface area contributed by atoms with Gasteiger partial charge in [-0.25, -0.2) is 0 Å². The lowest BCUT2D eigenvalue weighted by Crippen LogP contribution is -2.32. The molecule has 3 N–H and O–H groups in total. The molecule has 1 aliphatic rings. The monoisotopic (exact) mass is 193 g/mol. The van der Waals surface area contributed by atoms with Gasteiger partial charge < -0.3 is 10.3 Å². The van der Waals surface area contributed by atoms with Crippen LogP contribution in [0.15, 0.2) is 10.6 Å². The molecule has 0 aliphatic heterocycles. The number of hydrogen-bond donors (Lipinski definition) is 2. The summed E-state index contributed by atoms with van der Waals surface area (Å²) in [6, 6.07) is 1.87. The highest BCUT2D eigenvalue weighted by Gasteiger charge is 2.66. The van der Waals surface area contributed by atoms with Crippen molar-refractivity contribution in [3.05, 3.63) is 17.5 Å². The van der Waals surface area contributed by atoms with Crippen molar-refractivity contribution in [2.24, 2.45) is 11.1 Å². The molecule has 1 atom stereocenters. The van der Waals surface area contributed by atoms with Crippen molar-refractivity contribution in [2.75, 3.05) is 0 Å². The second-order valence-electron chi connectivity index (χ2n) is 4.70. The van der Waals surface area contributed by atoms with Crippen LogP contribution in [-0.4, -0.2) is 11.0 Å². The Morgan fingerprint density at radius 1 is 1.64 bits per heavy atom. The number of aromatic nitrogens is 1. The van der Waals surface area contributed by atoms with Gasteiger partial charge in [0.15, 0.2) is 0 Å². The minimum Gasteiger partial charge on any atom is -0.387 e. The zero-order chi connectivity index (χ0) is 10.6. The van der Waals surface area contributed by atoms with Crippen molar-refractivity contribution >= 4 is 5.84 Å². The maximum absolute atomic E-state index is 7.66. The Morgan fingerprint density at radius 3 is 2.50 bits per heavy atom. The summed E-state index contributed by atoms with van der Waals surface area (Å²) in [6.45, 7) is 6.04. The normalized spacial score (nSPS) is 28.8. The summed E-state index contributed by atoms with van der Waals surface area (Å²) in [5.74, 6) is 0.958. The number of nitrogens with two attached hydrogens (primary N) is 1. The number of nitrogens with one attached hydrogen (secondary N) is 1. The van der Waals surface area contributed by atoms with Crippen molar-refractivity contribution in [3.63, 3.8) is 0 Å². The van der Waals surface area contributed by atoms with Gasteiger partial charge in [-0.1, -0.05) is 19.0 Å². The zero-order valence-electron chi connectivity index (χ0n) is 8.72. The smallest absolute Gasteiger partial charge is 0.133 e. The molecule has 1 saturated carbocycles. The van der Waals surface area contributed by atoms with E-state index in [-0.39, 0.29) is 16.7 Å². The molecular formula is C10H15N3O. The van der Waals surface area contributed by atoms with Crippen LogP contribution in [-0.2, 0) is 5.41 Å². The van der Waals surface area contributed by atoms with Gasteiger partial charge in [-0.2, -0.15) is 0 Å². The average Bonchev–Trinajstić information content (AvgIpc) is 2.44. The quantitative estimate of drug-likeness (QED) is 0.553. The maximum Gasteiger partial charge on any atom is 0.133 e. The van der Waals surface area contributed by atoms with Gasteiger partial charge in [0.25, 0.3) is 0 Å². The van der Waals surface area contributed by atoms with Gasteiger partial charge in [0, 0.05) is 6.07 Å². The fraction of sp³-hybridized carbons (Fsp3) is 0.600. The molecule has 1 fully saturated rings. The minimum atomic E-state index is -0.384. The van der Waals surface area contributed by atoms with E-state index in [0.717, 1.165) is 17.9 Å². The number of rotatable bonds is 2. The molecule has 2 rings (SSSR count). The highest BCUT2D eigenvalue weighted by Crippen LogP contribution is 2.63. The van der Waals surface area contributed by atoms with Gasteiger partial charge in [0.05, 0.1) is 11.1 Å². The summed E-state index contributed by atoms with van der Waals surface area (Å²) in [4.78, 5) is 0. The highest BCUT2D eigenvalue weighted by atomic mass is 16.5. The first-order chi connectivity index (χ1) is 6.40. The van der Waals surface area contributed by atoms with Crippen LogP contribution in [0.4, 0.5) is 0 Å². The van der Waals surface area contributed by atoms with Crippen LogP contribution in [0.1, 0.15) is 31.7 Å².